The highest BCUT2D eigenvalue weighted by Gasteiger charge is 2.25. The van der Waals surface area contributed by atoms with Crippen molar-refractivity contribution in [2.75, 3.05) is 5.32 Å². The Bertz CT molecular complexity index is 652. The fraction of sp³-hybridized carbons (Fsp3) is 0.556. The highest BCUT2D eigenvalue weighted by molar-refractivity contribution is 9.10. The third kappa shape index (κ3) is 6.17. The molecule has 1 aromatic carbocycles. The minimum atomic E-state index is -0.490. The number of nitrogen functional groups attached to an aromatic ring is 1. The van der Waals surface area contributed by atoms with E-state index in [1.165, 1.54) is 0 Å². The molecule has 1 aliphatic rings. The van der Waals surface area contributed by atoms with Gasteiger partial charge in [-0.15, -0.1) is 0 Å². The molecule has 5 N–H and O–H groups in total. The van der Waals surface area contributed by atoms with Crippen molar-refractivity contribution in [2.45, 2.75) is 64.1 Å². The lowest BCUT2D eigenvalue weighted by Gasteiger charge is -2.31. The highest BCUT2D eigenvalue weighted by atomic mass is 79.9. The first-order chi connectivity index (χ1) is 12.2. The van der Waals surface area contributed by atoms with Crippen molar-refractivity contribution in [3.63, 3.8) is 0 Å². The summed E-state index contributed by atoms with van der Waals surface area (Å²) in [5.41, 5.74) is 3.00. The Balaban J connectivity index is 1.87. The summed E-state index contributed by atoms with van der Waals surface area (Å²) in [5.74, 6) is 4.87. The van der Waals surface area contributed by atoms with Crippen molar-refractivity contribution < 1.29 is 14.3 Å². The molecule has 1 fully saturated rings. The number of hydrazine groups is 1. The molecule has 0 bridgehead atoms. The van der Waals surface area contributed by atoms with Crippen molar-refractivity contribution in [3.05, 3.63) is 28.2 Å². The van der Waals surface area contributed by atoms with E-state index < -0.39 is 5.60 Å². The Labute approximate surface area is 162 Å². The number of rotatable bonds is 4. The van der Waals surface area contributed by atoms with Crippen LogP contribution >= 0.6 is 15.9 Å². The predicted molar refractivity (Wildman–Crippen MR) is 105 cm³/mol. The number of carbonyl (C=O) groups is 2. The Morgan fingerprint density at radius 2 is 1.77 bits per heavy atom. The summed E-state index contributed by atoms with van der Waals surface area (Å²) >= 11 is 3.50. The van der Waals surface area contributed by atoms with E-state index in [1.54, 1.807) is 12.1 Å². The predicted octanol–water partition coefficient (Wildman–Crippen LogP) is 3.30. The average Bonchev–Trinajstić information content (AvgIpc) is 2.56. The Kier molecular flexibility index (Phi) is 6.88. The first-order valence-corrected chi connectivity index (χ1v) is 9.54. The third-order valence-electron chi connectivity index (χ3n) is 4.17. The molecule has 0 aromatic heterocycles. The smallest absolute Gasteiger partial charge is 0.407 e. The van der Waals surface area contributed by atoms with Crippen molar-refractivity contribution in [1.29, 1.82) is 0 Å². The fourth-order valence-corrected chi connectivity index (χ4v) is 3.30. The molecule has 1 aliphatic carbocycles. The molecule has 0 aliphatic heterocycles. The van der Waals surface area contributed by atoms with Crippen LogP contribution < -0.4 is 21.9 Å². The summed E-state index contributed by atoms with van der Waals surface area (Å²) in [6.45, 7) is 5.55. The van der Waals surface area contributed by atoms with Crippen LogP contribution in [0.1, 0.15) is 56.8 Å². The summed E-state index contributed by atoms with van der Waals surface area (Å²) in [6, 6.07) is 5.71. The van der Waals surface area contributed by atoms with Crippen LogP contribution in [0.2, 0.25) is 0 Å². The van der Waals surface area contributed by atoms with Crippen LogP contribution in [0, 0.1) is 0 Å². The lowest BCUT2D eigenvalue weighted by molar-refractivity contribution is 0.0492. The van der Waals surface area contributed by atoms with E-state index >= 15 is 0 Å². The quantitative estimate of drug-likeness (QED) is 0.335. The molecule has 0 atom stereocenters. The van der Waals surface area contributed by atoms with Gasteiger partial charge in [0.05, 0.1) is 0 Å². The van der Waals surface area contributed by atoms with Crippen LogP contribution in [0.3, 0.4) is 0 Å². The van der Waals surface area contributed by atoms with Crippen molar-refractivity contribution in [2.24, 2.45) is 5.84 Å². The van der Waals surface area contributed by atoms with Crippen molar-refractivity contribution in [1.82, 2.24) is 10.7 Å². The number of hydrogen-bond donors (Lipinski definition) is 4. The molecule has 2 amide bonds. The van der Waals surface area contributed by atoms with Gasteiger partial charge in [-0.2, -0.15) is 0 Å². The molecule has 8 heteroatoms. The maximum atomic E-state index is 11.9. The molecule has 2 rings (SSSR count). The van der Waals surface area contributed by atoms with E-state index in [-0.39, 0.29) is 24.1 Å². The number of benzene rings is 1. The van der Waals surface area contributed by atoms with Crippen LogP contribution in [-0.4, -0.2) is 29.7 Å². The molecular formula is C18H27BrN4O3. The van der Waals surface area contributed by atoms with E-state index in [2.05, 4.69) is 32.0 Å². The molecule has 26 heavy (non-hydrogen) atoms. The van der Waals surface area contributed by atoms with Gasteiger partial charge in [0.2, 0.25) is 0 Å². The normalized spacial score (nSPS) is 20.2. The number of alkyl carbamates (subject to hydrolysis) is 1. The average molecular weight is 427 g/mol. The zero-order valence-electron chi connectivity index (χ0n) is 15.4. The van der Waals surface area contributed by atoms with E-state index in [9.17, 15) is 9.59 Å². The van der Waals surface area contributed by atoms with Crippen LogP contribution in [0.15, 0.2) is 22.7 Å². The molecule has 0 unspecified atom stereocenters. The van der Waals surface area contributed by atoms with Crippen molar-refractivity contribution >= 4 is 33.6 Å². The molecule has 0 saturated heterocycles. The molecular weight excluding hydrogens is 400 g/mol. The number of nitrogens with one attached hydrogen (secondary N) is 3. The van der Waals surface area contributed by atoms with Crippen LogP contribution in [0.4, 0.5) is 10.5 Å². The monoisotopic (exact) mass is 426 g/mol. The number of ether oxygens (including phenoxy) is 1. The minimum absolute atomic E-state index is 0.126. The molecule has 1 saturated carbocycles. The fourth-order valence-electron chi connectivity index (χ4n) is 2.94. The summed E-state index contributed by atoms with van der Waals surface area (Å²) in [4.78, 5) is 23.6. The second-order valence-corrected chi connectivity index (χ2v) is 8.36. The zero-order valence-corrected chi connectivity index (χ0v) is 17.0. The highest BCUT2D eigenvalue weighted by Crippen LogP contribution is 2.28. The second-order valence-electron chi connectivity index (χ2n) is 7.51. The molecule has 144 valence electrons. The van der Waals surface area contributed by atoms with Gasteiger partial charge in [0.1, 0.15) is 5.60 Å². The van der Waals surface area contributed by atoms with E-state index in [0.29, 0.717) is 5.56 Å². The van der Waals surface area contributed by atoms with Crippen LogP contribution in [0.25, 0.3) is 0 Å². The number of carbonyl (C=O) groups excluding carboxylic acids is 2. The summed E-state index contributed by atoms with van der Waals surface area (Å²) in [5, 5.41) is 6.41. The largest absolute Gasteiger partial charge is 0.444 e. The maximum Gasteiger partial charge on any atom is 0.407 e. The van der Waals surface area contributed by atoms with Gasteiger partial charge >= 0.3 is 6.09 Å². The Hall–Kier alpha value is -1.80. The maximum absolute atomic E-state index is 11.9. The van der Waals surface area contributed by atoms with E-state index in [4.69, 9.17) is 10.6 Å². The first-order valence-electron chi connectivity index (χ1n) is 8.74. The Morgan fingerprint density at radius 1 is 1.15 bits per heavy atom. The van der Waals surface area contributed by atoms with Gasteiger partial charge in [-0.25, -0.2) is 10.6 Å². The van der Waals surface area contributed by atoms with Gasteiger partial charge in [-0.3, -0.25) is 10.2 Å². The number of hydrogen-bond acceptors (Lipinski definition) is 5. The molecule has 0 heterocycles. The van der Waals surface area contributed by atoms with Gasteiger partial charge < -0.3 is 15.4 Å². The SMILES string of the molecule is CC(C)(C)OC(=O)NC1CCC(Nc2cc(C(=O)NN)ccc2Br)CC1. The van der Waals surface area contributed by atoms with Gasteiger partial charge in [-0.05, 0) is 80.6 Å². The van der Waals surface area contributed by atoms with E-state index in [1.807, 2.05) is 26.8 Å². The van der Waals surface area contributed by atoms with Gasteiger partial charge in [0, 0.05) is 27.8 Å². The van der Waals surface area contributed by atoms with Crippen LogP contribution in [0.5, 0.6) is 0 Å². The molecule has 1 aromatic rings. The zero-order chi connectivity index (χ0) is 19.3. The third-order valence-corrected chi connectivity index (χ3v) is 4.86. The number of amides is 2. The molecule has 7 nitrogen and oxygen atoms in total. The standard InChI is InChI=1S/C18H27BrN4O3/c1-18(2,3)26-17(25)22-13-7-5-12(6-8-13)21-15-10-11(16(24)23-20)4-9-14(15)19/h4,9-10,12-13,21H,5-8,20H2,1-3H3,(H,22,25)(H,23,24). The van der Waals surface area contributed by atoms with Crippen LogP contribution in [-0.2, 0) is 4.74 Å². The van der Waals surface area contributed by atoms with Gasteiger partial charge in [0.15, 0.2) is 0 Å². The minimum Gasteiger partial charge on any atom is -0.444 e. The number of halogens is 1. The number of nitrogens with two attached hydrogens (primary N) is 1. The lowest BCUT2D eigenvalue weighted by atomic mass is 9.91. The summed E-state index contributed by atoms with van der Waals surface area (Å²) in [7, 11) is 0. The molecule has 0 spiro atoms. The molecule has 0 radical (unpaired) electrons. The topological polar surface area (TPSA) is 105 Å². The first kappa shape index (κ1) is 20.5. The van der Waals surface area contributed by atoms with Gasteiger partial charge in [0.25, 0.3) is 5.91 Å². The Morgan fingerprint density at radius 3 is 2.35 bits per heavy atom. The van der Waals surface area contributed by atoms with Crippen molar-refractivity contribution in [3.8, 4) is 0 Å². The number of anilines is 1. The summed E-state index contributed by atoms with van der Waals surface area (Å²) < 4.78 is 6.19. The van der Waals surface area contributed by atoms with E-state index in [0.717, 1.165) is 35.8 Å². The van der Waals surface area contributed by atoms with Gasteiger partial charge in [-0.1, -0.05) is 0 Å². The summed E-state index contributed by atoms with van der Waals surface area (Å²) in [6.07, 6.45) is 3.22. The second kappa shape index (κ2) is 8.73. The lowest BCUT2D eigenvalue weighted by Crippen LogP contribution is -2.42.